The maximum Gasteiger partial charge on any atom is 0.360 e. The van der Waals surface area contributed by atoms with E-state index < -0.39 is 5.97 Å². The van der Waals surface area contributed by atoms with E-state index >= 15 is 0 Å². The average molecular weight is 249 g/mol. The molecule has 0 fully saturated rings. The molecule has 98 valence electrons. The molecule has 0 spiro atoms. The molecule has 0 aromatic carbocycles. The highest BCUT2D eigenvalue weighted by atomic mass is 16.5. The number of anilines is 1. The van der Waals surface area contributed by atoms with Gasteiger partial charge in [-0.1, -0.05) is 12.2 Å². The van der Waals surface area contributed by atoms with Gasteiger partial charge in [0.2, 0.25) is 0 Å². The third kappa shape index (κ3) is 2.72. The molecule has 2 rings (SSSR count). The zero-order chi connectivity index (χ0) is 13.0. The van der Waals surface area contributed by atoms with E-state index in [1.165, 1.54) is 0 Å². The summed E-state index contributed by atoms with van der Waals surface area (Å²) in [7, 11) is 0. The Balaban J connectivity index is 2.05. The molecule has 2 N–H and O–H groups in total. The third-order valence-corrected chi connectivity index (χ3v) is 3.18. The minimum absolute atomic E-state index is 0.225. The lowest BCUT2D eigenvalue weighted by Gasteiger charge is -2.18. The van der Waals surface area contributed by atoms with E-state index in [1.807, 2.05) is 4.57 Å². The lowest BCUT2D eigenvalue weighted by Crippen LogP contribution is -2.14. The van der Waals surface area contributed by atoms with Crippen molar-refractivity contribution in [3.8, 4) is 0 Å². The number of esters is 1. The number of carbonyl (C=O) groups is 1. The fourth-order valence-corrected chi connectivity index (χ4v) is 2.19. The Morgan fingerprint density at radius 2 is 2.44 bits per heavy atom. The zero-order valence-electron chi connectivity index (χ0n) is 10.6. The number of allylic oxidation sites excluding steroid dienone is 2. The summed E-state index contributed by atoms with van der Waals surface area (Å²) in [6.45, 7) is 2.90. The van der Waals surface area contributed by atoms with Gasteiger partial charge in [0.1, 0.15) is 5.82 Å². The van der Waals surface area contributed by atoms with E-state index in [0.717, 1.165) is 25.8 Å². The van der Waals surface area contributed by atoms with Crippen LogP contribution in [-0.2, 0) is 11.3 Å². The van der Waals surface area contributed by atoms with Crippen molar-refractivity contribution in [1.29, 1.82) is 0 Å². The van der Waals surface area contributed by atoms with E-state index in [1.54, 1.807) is 13.3 Å². The van der Waals surface area contributed by atoms with Crippen molar-refractivity contribution >= 4 is 11.8 Å². The number of nitrogens with zero attached hydrogens (tertiary/aromatic N) is 2. The first-order valence-corrected chi connectivity index (χ1v) is 6.35. The fraction of sp³-hybridized carbons (Fsp3) is 0.538. The van der Waals surface area contributed by atoms with Crippen LogP contribution in [0.4, 0.5) is 5.82 Å². The topological polar surface area (TPSA) is 70.1 Å². The molecule has 0 radical (unpaired) electrons. The van der Waals surface area contributed by atoms with Gasteiger partial charge in [-0.05, 0) is 32.1 Å². The number of hydrogen-bond donors (Lipinski definition) is 1. The smallest absolute Gasteiger partial charge is 0.360 e. The zero-order valence-corrected chi connectivity index (χ0v) is 10.6. The number of ether oxygens (including phenoxy) is 1. The molecule has 1 aliphatic rings. The Morgan fingerprint density at radius 1 is 1.61 bits per heavy atom. The Hall–Kier alpha value is -1.78. The second-order valence-electron chi connectivity index (χ2n) is 4.50. The van der Waals surface area contributed by atoms with Gasteiger partial charge in [-0.2, -0.15) is 0 Å². The number of hydrogen-bond acceptors (Lipinski definition) is 4. The molecule has 1 aromatic rings. The highest BCUT2D eigenvalue weighted by Gasteiger charge is 2.19. The van der Waals surface area contributed by atoms with Gasteiger partial charge in [-0.3, -0.25) is 0 Å². The van der Waals surface area contributed by atoms with Gasteiger partial charge in [-0.15, -0.1) is 0 Å². The summed E-state index contributed by atoms with van der Waals surface area (Å²) in [6, 6.07) is 0. The van der Waals surface area contributed by atoms with Crippen LogP contribution in [0.3, 0.4) is 0 Å². The second kappa shape index (κ2) is 5.71. The van der Waals surface area contributed by atoms with Crippen LogP contribution in [0.25, 0.3) is 0 Å². The maximum atomic E-state index is 11.6. The minimum Gasteiger partial charge on any atom is -0.461 e. The van der Waals surface area contributed by atoms with Crippen molar-refractivity contribution in [3.63, 3.8) is 0 Å². The number of nitrogens with two attached hydrogens (primary N) is 1. The number of rotatable bonds is 4. The van der Waals surface area contributed by atoms with Crippen LogP contribution < -0.4 is 5.73 Å². The molecular weight excluding hydrogens is 230 g/mol. The summed E-state index contributed by atoms with van der Waals surface area (Å²) in [5.41, 5.74) is 6.16. The van der Waals surface area contributed by atoms with E-state index in [9.17, 15) is 4.79 Å². The number of nitrogen functional groups attached to an aromatic ring is 1. The van der Waals surface area contributed by atoms with Gasteiger partial charge in [0, 0.05) is 6.54 Å². The molecular formula is C13H19N3O2. The third-order valence-electron chi connectivity index (χ3n) is 3.18. The van der Waals surface area contributed by atoms with Gasteiger partial charge >= 0.3 is 5.97 Å². The molecule has 5 nitrogen and oxygen atoms in total. The summed E-state index contributed by atoms with van der Waals surface area (Å²) < 4.78 is 6.75. The highest BCUT2D eigenvalue weighted by molar-refractivity contribution is 5.92. The van der Waals surface area contributed by atoms with Gasteiger partial charge in [0.25, 0.3) is 0 Å². The second-order valence-corrected chi connectivity index (χ2v) is 4.50. The predicted octanol–water partition coefficient (Wildman–Crippen LogP) is 2.00. The molecule has 0 aliphatic heterocycles. The number of imidazole rings is 1. The first-order valence-electron chi connectivity index (χ1n) is 6.35. The van der Waals surface area contributed by atoms with Crippen molar-refractivity contribution in [2.75, 3.05) is 12.3 Å². The van der Waals surface area contributed by atoms with Gasteiger partial charge in [-0.25, -0.2) is 9.78 Å². The molecule has 18 heavy (non-hydrogen) atoms. The maximum absolute atomic E-state index is 11.6. The van der Waals surface area contributed by atoms with Gasteiger partial charge in [0.05, 0.1) is 12.9 Å². The quantitative estimate of drug-likeness (QED) is 0.654. The lowest BCUT2D eigenvalue weighted by molar-refractivity contribution is 0.0521. The Labute approximate surface area is 107 Å². The summed E-state index contributed by atoms with van der Waals surface area (Å²) in [5.74, 6) is 0.529. The monoisotopic (exact) mass is 249 g/mol. The first-order chi connectivity index (χ1) is 8.72. The molecule has 0 bridgehead atoms. The van der Waals surface area contributed by atoms with Crippen molar-refractivity contribution in [3.05, 3.63) is 24.2 Å². The molecule has 0 saturated carbocycles. The van der Waals surface area contributed by atoms with Crippen molar-refractivity contribution in [2.24, 2.45) is 5.92 Å². The van der Waals surface area contributed by atoms with E-state index in [-0.39, 0.29) is 5.69 Å². The van der Waals surface area contributed by atoms with Crippen LogP contribution in [0.1, 0.15) is 36.7 Å². The van der Waals surface area contributed by atoms with E-state index in [4.69, 9.17) is 10.5 Å². The molecule has 1 atom stereocenters. The Kier molecular flexibility index (Phi) is 4.02. The van der Waals surface area contributed by atoms with Crippen molar-refractivity contribution in [2.45, 2.75) is 32.7 Å². The van der Waals surface area contributed by atoms with Crippen LogP contribution in [0.15, 0.2) is 18.5 Å². The van der Waals surface area contributed by atoms with Crippen LogP contribution in [0.2, 0.25) is 0 Å². The Bertz CT molecular complexity index is 451. The minimum atomic E-state index is -0.447. The standard InChI is InChI=1S/C13H19N3O2/c1-2-18-13(17)11-12(14)16(9-15-11)8-10-6-4-3-5-7-10/h3-4,9-10H,2,5-8,14H2,1H3. The molecule has 5 heteroatoms. The fourth-order valence-electron chi connectivity index (χ4n) is 2.19. The number of aromatic nitrogens is 2. The average Bonchev–Trinajstić information content (AvgIpc) is 2.73. The van der Waals surface area contributed by atoms with Crippen molar-refractivity contribution < 1.29 is 9.53 Å². The SMILES string of the molecule is CCOC(=O)c1ncn(CC2CC=CCC2)c1N. The predicted molar refractivity (Wildman–Crippen MR) is 69.1 cm³/mol. The summed E-state index contributed by atoms with van der Waals surface area (Å²) in [4.78, 5) is 15.6. The normalized spacial score (nSPS) is 18.8. The summed E-state index contributed by atoms with van der Waals surface area (Å²) >= 11 is 0. The Morgan fingerprint density at radius 3 is 3.11 bits per heavy atom. The molecule has 1 heterocycles. The molecule has 0 amide bonds. The van der Waals surface area contributed by atoms with Gasteiger partial charge < -0.3 is 15.0 Å². The van der Waals surface area contributed by atoms with Crippen LogP contribution in [-0.4, -0.2) is 22.1 Å². The molecule has 1 aliphatic carbocycles. The highest BCUT2D eigenvalue weighted by Crippen LogP contribution is 2.22. The summed E-state index contributed by atoms with van der Waals surface area (Å²) in [6.07, 6.45) is 9.37. The summed E-state index contributed by atoms with van der Waals surface area (Å²) in [5, 5.41) is 0. The van der Waals surface area contributed by atoms with Crippen LogP contribution in [0, 0.1) is 5.92 Å². The lowest BCUT2D eigenvalue weighted by atomic mass is 9.94. The van der Waals surface area contributed by atoms with E-state index in [2.05, 4.69) is 17.1 Å². The number of carbonyl (C=O) groups excluding carboxylic acids is 1. The van der Waals surface area contributed by atoms with Gasteiger partial charge in [0.15, 0.2) is 5.69 Å². The molecule has 1 aromatic heterocycles. The molecule has 1 unspecified atom stereocenters. The van der Waals surface area contributed by atoms with Crippen molar-refractivity contribution in [1.82, 2.24) is 9.55 Å². The molecule has 0 saturated heterocycles. The van der Waals surface area contributed by atoms with Crippen LogP contribution >= 0.6 is 0 Å². The first kappa shape index (κ1) is 12.7. The van der Waals surface area contributed by atoms with E-state index in [0.29, 0.717) is 18.3 Å². The van der Waals surface area contributed by atoms with Crippen LogP contribution in [0.5, 0.6) is 0 Å². The largest absolute Gasteiger partial charge is 0.461 e.